The Balaban J connectivity index is 1.67. The number of aromatic nitrogens is 6. The Labute approximate surface area is 160 Å². The minimum absolute atomic E-state index is 0.258. The van der Waals surface area contributed by atoms with Gasteiger partial charge in [-0.15, -0.1) is 10.2 Å². The van der Waals surface area contributed by atoms with Gasteiger partial charge in [-0.1, -0.05) is 54.7 Å². The molecule has 1 atom stereocenters. The van der Waals surface area contributed by atoms with Crippen LogP contribution in [-0.2, 0) is 0 Å². The van der Waals surface area contributed by atoms with Crippen LogP contribution in [0, 0.1) is 6.92 Å². The lowest BCUT2D eigenvalue weighted by Gasteiger charge is -2.11. The maximum atomic E-state index is 4.89. The van der Waals surface area contributed by atoms with E-state index in [4.69, 9.17) is 5.10 Å². The standard InChI is InChI=1S/C20H18N6S/c1-3-15(14-9-5-4-6-10-14)19-24-26-18(22-23-20(26)27-19)17-13(2)21-16-11-7-8-12-25(16)17/h4-12,15H,3H2,1-2H3/t15-/m1/s1. The molecule has 0 radical (unpaired) electrons. The number of rotatable bonds is 4. The molecule has 0 spiro atoms. The van der Waals surface area contributed by atoms with Crippen molar-refractivity contribution in [1.82, 2.24) is 29.2 Å². The summed E-state index contributed by atoms with van der Waals surface area (Å²) in [4.78, 5) is 5.44. The van der Waals surface area contributed by atoms with Gasteiger partial charge in [0.2, 0.25) is 10.8 Å². The third-order valence-corrected chi connectivity index (χ3v) is 5.84. The summed E-state index contributed by atoms with van der Waals surface area (Å²) < 4.78 is 3.90. The zero-order chi connectivity index (χ0) is 18.4. The van der Waals surface area contributed by atoms with Crippen molar-refractivity contribution in [3.05, 3.63) is 71.0 Å². The maximum Gasteiger partial charge on any atom is 0.235 e. The van der Waals surface area contributed by atoms with Crippen LogP contribution in [0.5, 0.6) is 0 Å². The van der Waals surface area contributed by atoms with Crippen LogP contribution in [0.25, 0.3) is 22.1 Å². The molecule has 4 heterocycles. The summed E-state index contributed by atoms with van der Waals surface area (Å²) in [5.74, 6) is 0.987. The molecule has 0 fully saturated rings. The normalized spacial score (nSPS) is 12.8. The number of fused-ring (bicyclic) bond motifs is 2. The van der Waals surface area contributed by atoms with E-state index in [0.29, 0.717) is 0 Å². The lowest BCUT2D eigenvalue weighted by atomic mass is 9.97. The Morgan fingerprint density at radius 1 is 1.04 bits per heavy atom. The summed E-state index contributed by atoms with van der Waals surface area (Å²) in [5.41, 5.74) is 4.02. The van der Waals surface area contributed by atoms with Crippen LogP contribution >= 0.6 is 11.3 Å². The van der Waals surface area contributed by atoms with Gasteiger partial charge in [0.25, 0.3) is 0 Å². The molecule has 1 aromatic carbocycles. The van der Waals surface area contributed by atoms with E-state index in [1.165, 1.54) is 5.56 Å². The second kappa shape index (κ2) is 6.28. The highest BCUT2D eigenvalue weighted by Gasteiger charge is 2.22. The van der Waals surface area contributed by atoms with E-state index in [1.54, 1.807) is 11.3 Å². The fourth-order valence-electron chi connectivity index (χ4n) is 3.54. The van der Waals surface area contributed by atoms with Crippen molar-refractivity contribution in [3.63, 3.8) is 0 Å². The highest BCUT2D eigenvalue weighted by atomic mass is 32.1. The molecular weight excluding hydrogens is 356 g/mol. The van der Waals surface area contributed by atoms with Gasteiger partial charge in [-0.2, -0.15) is 9.61 Å². The zero-order valence-corrected chi connectivity index (χ0v) is 15.9. The second-order valence-corrected chi connectivity index (χ2v) is 7.49. The predicted molar refractivity (Wildman–Crippen MR) is 106 cm³/mol. The Morgan fingerprint density at radius 3 is 2.67 bits per heavy atom. The minimum atomic E-state index is 0.258. The summed E-state index contributed by atoms with van der Waals surface area (Å²) in [5, 5.41) is 14.7. The van der Waals surface area contributed by atoms with E-state index < -0.39 is 0 Å². The van der Waals surface area contributed by atoms with Gasteiger partial charge in [-0.3, -0.25) is 4.40 Å². The predicted octanol–water partition coefficient (Wildman–Crippen LogP) is 4.35. The Bertz CT molecular complexity index is 1230. The number of nitrogens with zero attached hydrogens (tertiary/aromatic N) is 6. The van der Waals surface area contributed by atoms with Crippen LogP contribution in [-0.4, -0.2) is 29.2 Å². The highest BCUT2D eigenvalue weighted by molar-refractivity contribution is 7.16. The zero-order valence-electron chi connectivity index (χ0n) is 15.1. The van der Waals surface area contributed by atoms with Gasteiger partial charge in [-0.25, -0.2) is 4.98 Å². The maximum absolute atomic E-state index is 4.89. The van der Waals surface area contributed by atoms with E-state index in [0.717, 1.165) is 39.2 Å². The monoisotopic (exact) mass is 374 g/mol. The van der Waals surface area contributed by atoms with Crippen molar-refractivity contribution in [2.75, 3.05) is 0 Å². The molecule has 0 saturated heterocycles. The molecule has 0 saturated carbocycles. The van der Waals surface area contributed by atoms with Crippen LogP contribution in [0.1, 0.15) is 35.5 Å². The first-order chi connectivity index (χ1) is 13.3. The largest absolute Gasteiger partial charge is 0.297 e. The lowest BCUT2D eigenvalue weighted by Crippen LogP contribution is -2.01. The summed E-state index contributed by atoms with van der Waals surface area (Å²) in [6.45, 7) is 4.19. The Kier molecular flexibility index (Phi) is 3.75. The van der Waals surface area contributed by atoms with E-state index >= 15 is 0 Å². The molecule has 0 bridgehead atoms. The summed E-state index contributed by atoms with van der Waals surface area (Å²) in [6, 6.07) is 16.5. The fraction of sp³-hybridized carbons (Fsp3) is 0.200. The molecule has 6 nitrogen and oxygen atoms in total. The Morgan fingerprint density at radius 2 is 1.85 bits per heavy atom. The molecule has 7 heteroatoms. The van der Waals surface area contributed by atoms with Crippen LogP contribution in [0.4, 0.5) is 0 Å². The molecule has 0 aliphatic carbocycles. The van der Waals surface area contributed by atoms with E-state index in [1.807, 2.05) is 46.3 Å². The first-order valence-corrected chi connectivity index (χ1v) is 9.79. The van der Waals surface area contributed by atoms with Crippen molar-refractivity contribution in [2.45, 2.75) is 26.2 Å². The van der Waals surface area contributed by atoms with Crippen molar-refractivity contribution in [1.29, 1.82) is 0 Å². The summed E-state index contributed by atoms with van der Waals surface area (Å²) in [7, 11) is 0. The van der Waals surface area contributed by atoms with Gasteiger partial charge >= 0.3 is 0 Å². The SMILES string of the molecule is CC[C@H](c1ccccc1)c1nn2c(-c3c(C)nc4ccccn34)nnc2s1. The number of pyridine rings is 1. The van der Waals surface area contributed by atoms with Crippen molar-refractivity contribution >= 4 is 21.9 Å². The number of hydrogen-bond donors (Lipinski definition) is 0. The topological polar surface area (TPSA) is 60.4 Å². The molecule has 0 unspecified atom stereocenters. The van der Waals surface area contributed by atoms with Gasteiger partial charge in [0.05, 0.1) is 5.69 Å². The van der Waals surface area contributed by atoms with Crippen molar-refractivity contribution in [3.8, 4) is 11.5 Å². The number of hydrogen-bond acceptors (Lipinski definition) is 5. The third-order valence-electron chi connectivity index (χ3n) is 4.83. The van der Waals surface area contributed by atoms with Gasteiger partial charge < -0.3 is 0 Å². The first kappa shape index (κ1) is 16.1. The van der Waals surface area contributed by atoms with Crippen molar-refractivity contribution in [2.24, 2.45) is 0 Å². The van der Waals surface area contributed by atoms with E-state index in [2.05, 4.69) is 46.4 Å². The molecule has 5 aromatic rings. The van der Waals surface area contributed by atoms with Crippen LogP contribution < -0.4 is 0 Å². The molecule has 0 aliphatic rings. The van der Waals surface area contributed by atoms with E-state index in [9.17, 15) is 0 Å². The van der Waals surface area contributed by atoms with Crippen LogP contribution in [0.15, 0.2) is 54.7 Å². The smallest absolute Gasteiger partial charge is 0.235 e. The molecule has 0 amide bonds. The number of imidazole rings is 1. The first-order valence-electron chi connectivity index (χ1n) is 8.97. The van der Waals surface area contributed by atoms with Crippen LogP contribution in [0.2, 0.25) is 0 Å². The van der Waals surface area contributed by atoms with Gasteiger partial charge in [0.15, 0.2) is 0 Å². The number of benzene rings is 1. The fourth-order valence-corrected chi connectivity index (χ4v) is 4.59. The molecular formula is C20H18N6S. The molecule has 4 aromatic heterocycles. The molecule has 134 valence electrons. The second-order valence-electron chi connectivity index (χ2n) is 6.50. The molecule has 27 heavy (non-hydrogen) atoms. The highest BCUT2D eigenvalue weighted by Crippen LogP contribution is 2.32. The third kappa shape index (κ3) is 2.54. The molecule has 0 N–H and O–H groups in total. The average Bonchev–Trinajstić information content (AvgIpc) is 3.35. The van der Waals surface area contributed by atoms with E-state index in [-0.39, 0.29) is 5.92 Å². The quantitative estimate of drug-likeness (QED) is 0.469. The average molecular weight is 374 g/mol. The van der Waals surface area contributed by atoms with Gasteiger partial charge in [0.1, 0.15) is 16.3 Å². The molecule has 0 aliphatic heterocycles. The van der Waals surface area contributed by atoms with Crippen LogP contribution in [0.3, 0.4) is 0 Å². The van der Waals surface area contributed by atoms with Gasteiger partial charge in [-0.05, 0) is 31.0 Å². The van der Waals surface area contributed by atoms with Gasteiger partial charge in [0, 0.05) is 12.1 Å². The summed E-state index contributed by atoms with van der Waals surface area (Å²) in [6.07, 6.45) is 2.98. The Hall–Kier alpha value is -3.06. The number of aryl methyl sites for hydroxylation is 1. The summed E-state index contributed by atoms with van der Waals surface area (Å²) >= 11 is 1.60. The lowest BCUT2D eigenvalue weighted by molar-refractivity contribution is 0.743. The minimum Gasteiger partial charge on any atom is -0.297 e. The molecule has 5 rings (SSSR count). The van der Waals surface area contributed by atoms with Crippen molar-refractivity contribution < 1.29 is 0 Å².